The summed E-state index contributed by atoms with van der Waals surface area (Å²) in [5.41, 5.74) is 1.45. The lowest BCUT2D eigenvalue weighted by Crippen LogP contribution is -2.40. The number of aliphatic hydroxyl groups is 1. The predicted molar refractivity (Wildman–Crippen MR) is 137 cm³/mol. The third-order valence-electron chi connectivity index (χ3n) is 6.66. The van der Waals surface area contributed by atoms with Crippen molar-refractivity contribution in [2.45, 2.75) is 44.1 Å². The van der Waals surface area contributed by atoms with Gasteiger partial charge in [-0.05, 0) is 43.9 Å². The average Bonchev–Trinajstić information content (AvgIpc) is 3.29. The van der Waals surface area contributed by atoms with Gasteiger partial charge in [0.25, 0.3) is 11.5 Å². The molecular formula is C25H27N5O5S. The Bertz CT molecular complexity index is 1390. The molecule has 36 heavy (non-hydrogen) atoms. The van der Waals surface area contributed by atoms with Gasteiger partial charge in [-0.2, -0.15) is 0 Å². The number of methoxy groups -OCH3 is 1. The summed E-state index contributed by atoms with van der Waals surface area (Å²) < 4.78 is 5.99. The normalized spacial score (nSPS) is 18.4. The molecule has 3 aromatic heterocycles. The van der Waals surface area contributed by atoms with Gasteiger partial charge in [0.15, 0.2) is 5.13 Å². The molecule has 1 saturated carbocycles. The van der Waals surface area contributed by atoms with Crippen molar-refractivity contribution in [3.63, 3.8) is 0 Å². The first-order valence-electron chi connectivity index (χ1n) is 11.9. The van der Waals surface area contributed by atoms with Crippen LogP contribution in [0.1, 0.15) is 59.6 Å². The summed E-state index contributed by atoms with van der Waals surface area (Å²) in [6.07, 6.45) is 8.38. The monoisotopic (exact) mass is 509 g/mol. The van der Waals surface area contributed by atoms with Crippen LogP contribution in [-0.2, 0) is 9.53 Å². The Hall–Kier alpha value is -3.57. The molecule has 1 aliphatic carbocycles. The van der Waals surface area contributed by atoms with Crippen LogP contribution >= 0.6 is 11.3 Å². The van der Waals surface area contributed by atoms with Crippen molar-refractivity contribution < 1.29 is 19.4 Å². The summed E-state index contributed by atoms with van der Waals surface area (Å²) in [5, 5.41) is 15.6. The fourth-order valence-corrected chi connectivity index (χ4v) is 5.23. The van der Waals surface area contributed by atoms with Crippen LogP contribution in [0.5, 0.6) is 0 Å². The van der Waals surface area contributed by atoms with E-state index in [9.17, 15) is 19.5 Å². The summed E-state index contributed by atoms with van der Waals surface area (Å²) >= 11 is 1.40. The van der Waals surface area contributed by atoms with Crippen molar-refractivity contribution in [1.29, 1.82) is 0 Å². The van der Waals surface area contributed by atoms with Gasteiger partial charge in [0.1, 0.15) is 11.5 Å². The summed E-state index contributed by atoms with van der Waals surface area (Å²) in [4.78, 5) is 49.1. The third kappa shape index (κ3) is 4.89. The minimum absolute atomic E-state index is 0.204. The van der Waals surface area contributed by atoms with Gasteiger partial charge >= 0.3 is 5.97 Å². The van der Waals surface area contributed by atoms with E-state index in [4.69, 9.17) is 0 Å². The van der Waals surface area contributed by atoms with E-state index in [1.807, 2.05) is 10.3 Å². The maximum Gasteiger partial charge on any atom is 0.330 e. The molecule has 1 unspecified atom stereocenters. The second-order valence-electron chi connectivity index (χ2n) is 9.06. The molecule has 0 bridgehead atoms. The molecule has 1 aliphatic heterocycles. The molecule has 4 heterocycles. The van der Waals surface area contributed by atoms with Crippen molar-refractivity contribution in [3.8, 4) is 0 Å². The molecule has 0 spiro atoms. The highest BCUT2D eigenvalue weighted by Crippen LogP contribution is 2.37. The van der Waals surface area contributed by atoms with E-state index in [1.165, 1.54) is 47.6 Å². The molecule has 3 aromatic rings. The number of aliphatic hydroxyl groups excluding tert-OH is 1. The molecule has 10 nitrogen and oxygen atoms in total. The van der Waals surface area contributed by atoms with E-state index in [1.54, 1.807) is 12.1 Å². The highest BCUT2D eigenvalue weighted by molar-refractivity contribution is 7.14. The van der Waals surface area contributed by atoms with Gasteiger partial charge in [-0.3, -0.25) is 19.3 Å². The van der Waals surface area contributed by atoms with Crippen LogP contribution in [0.15, 0.2) is 34.6 Å². The smallest absolute Gasteiger partial charge is 0.330 e. The van der Waals surface area contributed by atoms with E-state index < -0.39 is 17.6 Å². The molecule has 1 amide bonds. The number of anilines is 2. The fraction of sp³-hybridized carbons (Fsp3) is 0.400. The summed E-state index contributed by atoms with van der Waals surface area (Å²) in [6, 6.07) is 3.10. The van der Waals surface area contributed by atoms with E-state index >= 15 is 0 Å². The number of pyridine rings is 1. The fourth-order valence-electron chi connectivity index (χ4n) is 4.44. The lowest BCUT2D eigenvalue weighted by atomic mass is 9.83. The van der Waals surface area contributed by atoms with Gasteiger partial charge in [-0.1, -0.05) is 6.42 Å². The zero-order valence-corrected chi connectivity index (χ0v) is 20.7. The summed E-state index contributed by atoms with van der Waals surface area (Å²) in [7, 11) is 1.26. The minimum atomic E-state index is -0.598. The third-order valence-corrected chi connectivity index (χ3v) is 7.43. The SMILES string of the molecule is COC(=O)/C=C/c1c(N2CCCC(O)C2)nc2cc(C(=O)Nc3nc(C4CCC4)cs3)ccn2c1=O. The van der Waals surface area contributed by atoms with Gasteiger partial charge in [0.2, 0.25) is 0 Å². The van der Waals surface area contributed by atoms with Crippen LogP contribution in [0, 0.1) is 0 Å². The molecule has 0 aromatic carbocycles. The number of thiazole rings is 1. The number of carbonyl (C=O) groups is 2. The maximum absolute atomic E-state index is 13.4. The van der Waals surface area contributed by atoms with Gasteiger partial charge in [0, 0.05) is 42.2 Å². The summed E-state index contributed by atoms with van der Waals surface area (Å²) in [5.74, 6) is -0.107. The number of hydrogen-bond acceptors (Lipinski definition) is 9. The Kier molecular flexibility index (Phi) is 6.84. The maximum atomic E-state index is 13.4. The number of nitrogens with one attached hydrogen (secondary N) is 1. The van der Waals surface area contributed by atoms with E-state index in [0.29, 0.717) is 41.9 Å². The zero-order valence-electron chi connectivity index (χ0n) is 19.8. The number of aromatic nitrogens is 3. The number of esters is 1. The Morgan fingerprint density at radius 2 is 2.08 bits per heavy atom. The van der Waals surface area contributed by atoms with Crippen molar-refractivity contribution in [2.24, 2.45) is 0 Å². The standard InChI is InChI=1S/C25H27N5O5S/c1-35-21(32)8-7-18-22(29-10-3-6-17(31)13-29)27-20-12-16(9-11-30(20)24(18)34)23(33)28-25-26-19(14-36-25)15-4-2-5-15/h7-9,11-12,14-15,17,31H,2-6,10,13H2,1H3,(H,26,28,33)/b8-7+. The van der Waals surface area contributed by atoms with Crippen molar-refractivity contribution >= 4 is 45.9 Å². The van der Waals surface area contributed by atoms with Crippen LogP contribution in [0.4, 0.5) is 10.9 Å². The average molecular weight is 510 g/mol. The zero-order chi connectivity index (χ0) is 25.2. The van der Waals surface area contributed by atoms with E-state index in [0.717, 1.165) is 25.0 Å². The Labute approximate surface area is 211 Å². The quantitative estimate of drug-likeness (QED) is 0.384. The van der Waals surface area contributed by atoms with Crippen LogP contribution in [-0.4, -0.2) is 57.7 Å². The number of hydrogen-bond donors (Lipinski definition) is 2. The second-order valence-corrected chi connectivity index (χ2v) is 9.91. The lowest BCUT2D eigenvalue weighted by Gasteiger charge is -2.32. The molecule has 0 radical (unpaired) electrons. The highest BCUT2D eigenvalue weighted by atomic mass is 32.1. The van der Waals surface area contributed by atoms with Crippen LogP contribution in [0.25, 0.3) is 11.7 Å². The van der Waals surface area contributed by atoms with Gasteiger partial charge in [-0.15, -0.1) is 11.3 Å². The van der Waals surface area contributed by atoms with Crippen molar-refractivity contribution in [2.75, 3.05) is 30.4 Å². The largest absolute Gasteiger partial charge is 0.466 e. The molecule has 1 saturated heterocycles. The molecule has 2 fully saturated rings. The topological polar surface area (TPSA) is 126 Å². The number of carbonyl (C=O) groups excluding carboxylic acids is 2. The highest BCUT2D eigenvalue weighted by Gasteiger charge is 2.24. The first-order chi connectivity index (χ1) is 17.4. The van der Waals surface area contributed by atoms with Crippen molar-refractivity contribution in [1.82, 2.24) is 14.4 Å². The van der Waals surface area contributed by atoms with Crippen LogP contribution < -0.4 is 15.8 Å². The molecule has 5 rings (SSSR count). The first-order valence-corrected chi connectivity index (χ1v) is 12.8. The number of ether oxygens (including phenoxy) is 1. The molecule has 11 heteroatoms. The predicted octanol–water partition coefficient (Wildman–Crippen LogP) is 2.82. The van der Waals surface area contributed by atoms with Gasteiger partial charge in [-0.25, -0.2) is 14.8 Å². The van der Waals surface area contributed by atoms with E-state index in [2.05, 4.69) is 20.0 Å². The first kappa shape index (κ1) is 24.1. The number of piperidine rings is 1. The van der Waals surface area contributed by atoms with Gasteiger partial charge < -0.3 is 14.7 Å². The number of fused-ring (bicyclic) bond motifs is 1. The molecular weight excluding hydrogens is 482 g/mol. The minimum Gasteiger partial charge on any atom is -0.466 e. The second kappa shape index (κ2) is 10.2. The number of nitrogens with zero attached hydrogens (tertiary/aromatic N) is 4. The van der Waals surface area contributed by atoms with Gasteiger partial charge in [0.05, 0.1) is 24.5 Å². The molecule has 1 atom stereocenters. The van der Waals surface area contributed by atoms with Crippen LogP contribution in [0.2, 0.25) is 0 Å². The lowest BCUT2D eigenvalue weighted by molar-refractivity contribution is -0.134. The number of amides is 1. The van der Waals surface area contributed by atoms with Crippen LogP contribution in [0.3, 0.4) is 0 Å². The Balaban J connectivity index is 1.48. The van der Waals surface area contributed by atoms with E-state index in [-0.39, 0.29) is 17.1 Å². The molecule has 188 valence electrons. The van der Waals surface area contributed by atoms with Crippen molar-refractivity contribution in [3.05, 3.63) is 57.0 Å². The Morgan fingerprint density at radius 3 is 2.81 bits per heavy atom. The molecule has 2 N–H and O–H groups in total. The number of β-amino-alcohol motifs (C(OH)–C–C–N with tert-alkyl or cyclic N) is 1. The molecule has 2 aliphatic rings. The number of rotatable bonds is 6. The summed E-state index contributed by atoms with van der Waals surface area (Å²) in [6.45, 7) is 0.918. The Morgan fingerprint density at radius 1 is 1.25 bits per heavy atom.